The molecule has 0 amide bonds. The lowest BCUT2D eigenvalue weighted by atomic mass is 10.0. The summed E-state index contributed by atoms with van der Waals surface area (Å²) in [5.74, 6) is 1.32. The summed E-state index contributed by atoms with van der Waals surface area (Å²) in [7, 11) is 1.70. The van der Waals surface area contributed by atoms with Crippen molar-refractivity contribution < 1.29 is 4.74 Å². The fourth-order valence-electron chi connectivity index (χ4n) is 4.00. The van der Waals surface area contributed by atoms with Gasteiger partial charge >= 0.3 is 0 Å². The molecule has 0 spiro atoms. The van der Waals surface area contributed by atoms with Crippen molar-refractivity contribution in [1.29, 1.82) is 0 Å². The summed E-state index contributed by atoms with van der Waals surface area (Å²) in [6, 6.07) is 18.3. The van der Waals surface area contributed by atoms with E-state index in [4.69, 9.17) is 17.0 Å². The van der Waals surface area contributed by atoms with E-state index >= 15 is 0 Å². The van der Waals surface area contributed by atoms with E-state index in [2.05, 4.69) is 64.1 Å². The molecule has 1 aromatic carbocycles. The highest BCUT2D eigenvalue weighted by Gasteiger charge is 2.41. The Morgan fingerprint density at radius 1 is 1.10 bits per heavy atom. The van der Waals surface area contributed by atoms with Gasteiger partial charge in [0, 0.05) is 24.6 Å². The Morgan fingerprint density at radius 3 is 2.62 bits per heavy atom. The summed E-state index contributed by atoms with van der Waals surface area (Å²) < 4.78 is 7.82. The van der Waals surface area contributed by atoms with Crippen LogP contribution in [0.1, 0.15) is 37.3 Å². The third kappa shape index (κ3) is 3.72. The Balaban J connectivity index is 1.83. The van der Waals surface area contributed by atoms with Crippen LogP contribution in [-0.4, -0.2) is 33.2 Å². The summed E-state index contributed by atoms with van der Waals surface area (Å²) >= 11 is 5.75. The number of aromatic nitrogens is 2. The van der Waals surface area contributed by atoms with E-state index in [1.165, 1.54) is 0 Å². The fraction of sp³-hybridized carbons (Fsp3) is 0.304. The molecule has 1 aliphatic heterocycles. The van der Waals surface area contributed by atoms with Gasteiger partial charge in [-0.05, 0) is 54.5 Å². The van der Waals surface area contributed by atoms with Crippen LogP contribution >= 0.6 is 12.2 Å². The normalized spacial score (nSPS) is 18.9. The monoisotopic (exact) mass is 406 g/mol. The molecule has 0 saturated carbocycles. The zero-order chi connectivity index (χ0) is 20.4. The van der Waals surface area contributed by atoms with Crippen molar-refractivity contribution in [2.45, 2.75) is 25.9 Å². The van der Waals surface area contributed by atoms with E-state index in [1.807, 2.05) is 36.5 Å². The number of nitrogens with zero attached hydrogens (tertiary/aromatic N) is 3. The molecule has 3 heterocycles. The number of benzene rings is 1. The zero-order valence-electron chi connectivity index (χ0n) is 16.9. The van der Waals surface area contributed by atoms with E-state index in [1.54, 1.807) is 7.11 Å². The van der Waals surface area contributed by atoms with E-state index in [0.29, 0.717) is 5.92 Å². The maximum absolute atomic E-state index is 5.75. The van der Waals surface area contributed by atoms with Crippen LogP contribution in [0, 0.1) is 5.92 Å². The van der Waals surface area contributed by atoms with E-state index in [9.17, 15) is 0 Å². The average molecular weight is 407 g/mol. The van der Waals surface area contributed by atoms with Gasteiger partial charge < -0.3 is 19.5 Å². The second-order valence-electron chi connectivity index (χ2n) is 7.65. The molecule has 1 saturated heterocycles. The van der Waals surface area contributed by atoms with Gasteiger partial charge in [-0.15, -0.1) is 0 Å². The Bertz CT molecular complexity index is 985. The molecule has 1 N–H and O–H groups in total. The van der Waals surface area contributed by atoms with Gasteiger partial charge in [-0.2, -0.15) is 0 Å². The zero-order valence-corrected chi connectivity index (χ0v) is 17.8. The Hall–Kier alpha value is -2.86. The van der Waals surface area contributed by atoms with E-state index in [-0.39, 0.29) is 12.1 Å². The molecule has 0 radical (unpaired) electrons. The average Bonchev–Trinajstić information content (AvgIpc) is 3.33. The third-order valence-corrected chi connectivity index (χ3v) is 5.54. The van der Waals surface area contributed by atoms with Crippen molar-refractivity contribution in [3.05, 3.63) is 78.4 Å². The Kier molecular flexibility index (Phi) is 5.53. The van der Waals surface area contributed by atoms with Gasteiger partial charge in [0.1, 0.15) is 5.75 Å². The maximum atomic E-state index is 5.75. The molecule has 5 nitrogen and oxygen atoms in total. The topological polar surface area (TPSA) is 42.3 Å². The standard InChI is InChI=1S/C23H26N4OS/c1-16(2)15-27-22(21(25-23(27)29)17-9-6-7-13-24-17)19-11-8-14-26(19)18-10-4-5-12-20(18)28-3/h4-14,16,21-22H,15H2,1-3H3,(H,25,29). The van der Waals surface area contributed by atoms with Crippen LogP contribution in [-0.2, 0) is 0 Å². The Labute approximate surface area is 177 Å². The minimum Gasteiger partial charge on any atom is -0.495 e. The summed E-state index contributed by atoms with van der Waals surface area (Å²) in [6.45, 7) is 5.30. The lowest BCUT2D eigenvalue weighted by Gasteiger charge is -2.30. The molecule has 2 unspecified atom stereocenters. The number of rotatable bonds is 6. The molecule has 2 aromatic heterocycles. The maximum Gasteiger partial charge on any atom is 0.170 e. The molecule has 150 valence electrons. The summed E-state index contributed by atoms with van der Waals surface area (Å²) in [4.78, 5) is 6.91. The van der Waals surface area contributed by atoms with Gasteiger partial charge in [-0.25, -0.2) is 0 Å². The van der Waals surface area contributed by atoms with Crippen LogP contribution in [0.15, 0.2) is 67.0 Å². The minimum absolute atomic E-state index is 0.0224. The van der Waals surface area contributed by atoms with Crippen LogP contribution in [0.5, 0.6) is 5.75 Å². The number of methoxy groups -OCH3 is 1. The molecule has 4 rings (SSSR count). The smallest absolute Gasteiger partial charge is 0.170 e. The molecule has 1 aliphatic rings. The van der Waals surface area contributed by atoms with Crippen molar-refractivity contribution in [2.75, 3.05) is 13.7 Å². The van der Waals surface area contributed by atoms with Crippen molar-refractivity contribution in [2.24, 2.45) is 5.92 Å². The van der Waals surface area contributed by atoms with Crippen molar-refractivity contribution in [1.82, 2.24) is 19.8 Å². The predicted octanol–water partition coefficient (Wildman–Crippen LogP) is 4.51. The second-order valence-corrected chi connectivity index (χ2v) is 8.03. The van der Waals surface area contributed by atoms with Crippen LogP contribution in [0.4, 0.5) is 0 Å². The quantitative estimate of drug-likeness (QED) is 0.610. The molecule has 1 fully saturated rings. The first-order valence-electron chi connectivity index (χ1n) is 9.89. The molecular weight excluding hydrogens is 380 g/mol. The molecular formula is C23H26N4OS. The van der Waals surface area contributed by atoms with E-state index < -0.39 is 0 Å². The number of hydrogen-bond donors (Lipinski definition) is 1. The minimum atomic E-state index is -0.0224. The van der Waals surface area contributed by atoms with Gasteiger partial charge in [0.25, 0.3) is 0 Å². The van der Waals surface area contributed by atoms with Gasteiger partial charge in [0.15, 0.2) is 5.11 Å². The van der Waals surface area contributed by atoms with Crippen molar-refractivity contribution in [3.63, 3.8) is 0 Å². The first kappa shape index (κ1) is 19.5. The van der Waals surface area contributed by atoms with Crippen LogP contribution < -0.4 is 10.1 Å². The number of para-hydroxylation sites is 2. The highest BCUT2D eigenvalue weighted by atomic mass is 32.1. The number of thiocarbonyl (C=S) groups is 1. The molecule has 2 atom stereocenters. The SMILES string of the molecule is COc1ccccc1-n1cccc1C1C(c2ccccn2)NC(=S)N1CC(C)C. The van der Waals surface area contributed by atoms with Crippen LogP contribution in [0.3, 0.4) is 0 Å². The van der Waals surface area contributed by atoms with Gasteiger partial charge in [0.05, 0.1) is 30.6 Å². The first-order chi connectivity index (χ1) is 14.1. The molecule has 29 heavy (non-hydrogen) atoms. The number of ether oxygens (including phenoxy) is 1. The Morgan fingerprint density at radius 2 is 1.90 bits per heavy atom. The second kappa shape index (κ2) is 8.25. The molecule has 0 bridgehead atoms. The molecule has 3 aromatic rings. The van der Waals surface area contributed by atoms with E-state index in [0.717, 1.165) is 34.5 Å². The summed E-state index contributed by atoms with van der Waals surface area (Å²) in [6.07, 6.45) is 3.92. The molecule has 6 heteroatoms. The number of pyridine rings is 1. The number of nitrogens with one attached hydrogen (secondary N) is 1. The summed E-state index contributed by atoms with van der Waals surface area (Å²) in [5, 5.41) is 4.29. The van der Waals surface area contributed by atoms with Crippen molar-refractivity contribution >= 4 is 17.3 Å². The van der Waals surface area contributed by atoms with Crippen LogP contribution in [0.2, 0.25) is 0 Å². The number of hydrogen-bond acceptors (Lipinski definition) is 3. The largest absolute Gasteiger partial charge is 0.495 e. The van der Waals surface area contributed by atoms with Gasteiger partial charge in [0.2, 0.25) is 0 Å². The van der Waals surface area contributed by atoms with Crippen molar-refractivity contribution in [3.8, 4) is 11.4 Å². The highest BCUT2D eigenvalue weighted by Crippen LogP contribution is 2.40. The summed E-state index contributed by atoms with van der Waals surface area (Å²) in [5.41, 5.74) is 3.15. The first-order valence-corrected chi connectivity index (χ1v) is 10.3. The molecule has 0 aliphatic carbocycles. The van der Waals surface area contributed by atoms with Gasteiger partial charge in [-0.3, -0.25) is 4.98 Å². The third-order valence-electron chi connectivity index (χ3n) is 5.19. The highest BCUT2D eigenvalue weighted by molar-refractivity contribution is 7.80. The predicted molar refractivity (Wildman–Crippen MR) is 119 cm³/mol. The lowest BCUT2D eigenvalue weighted by molar-refractivity contribution is 0.280. The van der Waals surface area contributed by atoms with Crippen LogP contribution in [0.25, 0.3) is 5.69 Å². The van der Waals surface area contributed by atoms with Gasteiger partial charge in [-0.1, -0.05) is 32.0 Å². The fourth-order valence-corrected chi connectivity index (χ4v) is 4.32. The lowest BCUT2D eigenvalue weighted by Crippen LogP contribution is -2.33.